The predicted molar refractivity (Wildman–Crippen MR) is 130 cm³/mol. The highest BCUT2D eigenvalue weighted by atomic mass is 32.2. The molecule has 4 aromatic rings. The summed E-state index contributed by atoms with van der Waals surface area (Å²) in [5.74, 6) is 0.845. The number of nitrogens with zero attached hydrogens (tertiary/aromatic N) is 3. The molecule has 8 heteroatoms. The Morgan fingerprint density at radius 2 is 2.00 bits per heavy atom. The van der Waals surface area contributed by atoms with Gasteiger partial charge < -0.3 is 9.64 Å². The van der Waals surface area contributed by atoms with Crippen LogP contribution in [0.3, 0.4) is 0 Å². The van der Waals surface area contributed by atoms with Gasteiger partial charge in [0.2, 0.25) is 5.91 Å². The topological polar surface area (TPSA) is 64.4 Å². The van der Waals surface area contributed by atoms with Crippen LogP contribution in [0.2, 0.25) is 0 Å². The summed E-state index contributed by atoms with van der Waals surface area (Å²) in [7, 11) is 0. The van der Waals surface area contributed by atoms with E-state index in [1.807, 2.05) is 67.8 Å². The number of rotatable bonds is 4. The summed E-state index contributed by atoms with van der Waals surface area (Å²) < 4.78 is 7.95. The third-order valence-corrected chi connectivity index (χ3v) is 7.22. The predicted octanol–water partition coefficient (Wildman–Crippen LogP) is 4.58. The second kappa shape index (κ2) is 8.44. The van der Waals surface area contributed by atoms with Crippen molar-refractivity contribution in [2.75, 3.05) is 23.8 Å². The van der Waals surface area contributed by atoms with E-state index in [9.17, 15) is 9.59 Å². The molecule has 32 heavy (non-hydrogen) atoms. The molecule has 0 atom stereocenters. The number of ether oxygens (including phenoxy) is 1. The molecule has 0 N–H and O–H groups in total. The molecule has 1 amide bonds. The number of hydrogen-bond acceptors (Lipinski definition) is 6. The van der Waals surface area contributed by atoms with Crippen LogP contribution in [-0.4, -0.2) is 34.4 Å². The van der Waals surface area contributed by atoms with E-state index in [2.05, 4.69) is 0 Å². The zero-order valence-electron chi connectivity index (χ0n) is 17.7. The first kappa shape index (κ1) is 20.8. The molecule has 1 aliphatic rings. The summed E-state index contributed by atoms with van der Waals surface area (Å²) in [6.07, 6.45) is 0. The van der Waals surface area contributed by atoms with Crippen molar-refractivity contribution >= 4 is 44.9 Å². The van der Waals surface area contributed by atoms with E-state index < -0.39 is 0 Å². The van der Waals surface area contributed by atoms with Crippen LogP contribution < -0.4 is 15.2 Å². The number of carbonyl (C=O) groups is 1. The zero-order valence-corrected chi connectivity index (χ0v) is 19.3. The average molecular weight is 464 g/mol. The molecule has 2 aromatic heterocycles. The number of fused-ring (bicyclic) bond motifs is 2. The van der Waals surface area contributed by atoms with Gasteiger partial charge in [0.25, 0.3) is 5.56 Å². The number of aromatic nitrogens is 2. The molecule has 162 valence electrons. The summed E-state index contributed by atoms with van der Waals surface area (Å²) in [5.41, 5.74) is 4.16. The Kier molecular flexibility index (Phi) is 5.48. The number of para-hydroxylation sites is 1. The van der Waals surface area contributed by atoms with Crippen LogP contribution in [0.5, 0.6) is 5.75 Å². The zero-order chi connectivity index (χ0) is 22.2. The third kappa shape index (κ3) is 3.69. The fourth-order valence-electron chi connectivity index (χ4n) is 3.81. The lowest BCUT2D eigenvalue weighted by molar-refractivity contribution is -0.116. The lowest BCUT2D eigenvalue weighted by atomic mass is 10.1. The van der Waals surface area contributed by atoms with Crippen molar-refractivity contribution in [3.05, 3.63) is 75.4 Å². The monoisotopic (exact) mass is 463 g/mol. The van der Waals surface area contributed by atoms with E-state index in [4.69, 9.17) is 9.72 Å². The number of thioether (sulfide) groups is 1. The van der Waals surface area contributed by atoms with Crippen LogP contribution in [-0.2, 0) is 4.79 Å². The van der Waals surface area contributed by atoms with Gasteiger partial charge in [0.15, 0.2) is 5.16 Å². The van der Waals surface area contributed by atoms with Crippen LogP contribution in [0.15, 0.2) is 63.9 Å². The number of carbonyl (C=O) groups excluding carboxylic acids is 1. The molecule has 0 fully saturated rings. The number of benzene rings is 2. The normalized spacial score (nSPS) is 13.1. The minimum absolute atomic E-state index is 0.0406. The summed E-state index contributed by atoms with van der Waals surface area (Å²) in [4.78, 5) is 33.0. The Labute approximate surface area is 193 Å². The Hall–Kier alpha value is -3.10. The molecule has 0 spiro atoms. The summed E-state index contributed by atoms with van der Waals surface area (Å²) in [6.45, 7) is 4.91. The van der Waals surface area contributed by atoms with Gasteiger partial charge in [0.1, 0.15) is 17.1 Å². The van der Waals surface area contributed by atoms with Gasteiger partial charge >= 0.3 is 0 Å². The lowest BCUT2D eigenvalue weighted by Gasteiger charge is -2.29. The summed E-state index contributed by atoms with van der Waals surface area (Å²) in [5, 5.41) is 2.38. The number of amides is 1. The van der Waals surface area contributed by atoms with Gasteiger partial charge in [-0.05, 0) is 54.6 Å². The van der Waals surface area contributed by atoms with Crippen molar-refractivity contribution in [3.63, 3.8) is 0 Å². The lowest BCUT2D eigenvalue weighted by Crippen LogP contribution is -2.39. The Balaban J connectivity index is 1.50. The van der Waals surface area contributed by atoms with Crippen molar-refractivity contribution in [2.24, 2.45) is 0 Å². The van der Waals surface area contributed by atoms with E-state index in [-0.39, 0.29) is 17.2 Å². The van der Waals surface area contributed by atoms with Crippen molar-refractivity contribution in [3.8, 4) is 11.4 Å². The molecule has 3 heterocycles. The third-order valence-electron chi connectivity index (χ3n) is 5.41. The van der Waals surface area contributed by atoms with Gasteiger partial charge in [0, 0.05) is 0 Å². The first-order chi connectivity index (χ1) is 15.5. The van der Waals surface area contributed by atoms with E-state index in [0.29, 0.717) is 28.5 Å². The molecule has 5 rings (SSSR count). The van der Waals surface area contributed by atoms with E-state index in [0.717, 1.165) is 28.3 Å². The largest absolute Gasteiger partial charge is 0.490 e. The maximum Gasteiger partial charge on any atom is 0.276 e. The molecule has 6 nitrogen and oxygen atoms in total. The quantitative estimate of drug-likeness (QED) is 0.327. The minimum atomic E-state index is -0.110. The van der Waals surface area contributed by atoms with Gasteiger partial charge in [0.05, 0.1) is 29.2 Å². The minimum Gasteiger partial charge on any atom is -0.490 e. The first-order valence-corrected chi connectivity index (χ1v) is 12.1. The Morgan fingerprint density at radius 3 is 2.84 bits per heavy atom. The smallest absolute Gasteiger partial charge is 0.276 e. The number of hydrogen-bond donors (Lipinski definition) is 0. The van der Waals surface area contributed by atoms with Crippen molar-refractivity contribution in [1.29, 1.82) is 0 Å². The highest BCUT2D eigenvalue weighted by Gasteiger charge is 2.25. The summed E-state index contributed by atoms with van der Waals surface area (Å²) >= 11 is 2.67. The molecule has 0 aliphatic carbocycles. The van der Waals surface area contributed by atoms with Gasteiger partial charge in [-0.25, -0.2) is 4.98 Å². The second-order valence-electron chi connectivity index (χ2n) is 7.61. The van der Waals surface area contributed by atoms with Gasteiger partial charge in [-0.1, -0.05) is 36.0 Å². The molecule has 0 saturated heterocycles. The maximum absolute atomic E-state index is 13.3. The van der Waals surface area contributed by atoms with Gasteiger partial charge in [-0.2, -0.15) is 0 Å². The Morgan fingerprint density at radius 1 is 1.16 bits per heavy atom. The summed E-state index contributed by atoms with van der Waals surface area (Å²) in [6, 6.07) is 15.4. The van der Waals surface area contributed by atoms with Crippen molar-refractivity contribution in [1.82, 2.24) is 9.55 Å². The maximum atomic E-state index is 13.3. The Bertz CT molecular complexity index is 1390. The molecular weight excluding hydrogens is 442 g/mol. The fraction of sp³-hybridized carbons (Fsp3) is 0.208. The number of aryl methyl sites for hydroxylation is 2. The van der Waals surface area contributed by atoms with Crippen LogP contribution >= 0.6 is 23.1 Å². The van der Waals surface area contributed by atoms with Crippen molar-refractivity contribution < 1.29 is 9.53 Å². The van der Waals surface area contributed by atoms with E-state index in [1.54, 1.807) is 9.47 Å². The average Bonchev–Trinajstić information content (AvgIpc) is 3.27. The molecule has 2 aromatic carbocycles. The molecule has 0 saturated carbocycles. The molecule has 0 radical (unpaired) electrons. The highest BCUT2D eigenvalue weighted by molar-refractivity contribution is 7.99. The second-order valence-corrected chi connectivity index (χ2v) is 9.47. The first-order valence-electron chi connectivity index (χ1n) is 10.3. The standard InChI is InChI=1S/C24H21N3O3S2/c1-15-7-8-20-19(13-15)26(10-11-30-20)21(28)14-32-24-25-17-9-12-31-22(17)23(29)27(24)18-6-4-3-5-16(18)2/h3-9,12-13H,10-11,14H2,1-2H3. The van der Waals surface area contributed by atoms with Crippen molar-refractivity contribution in [2.45, 2.75) is 19.0 Å². The SMILES string of the molecule is Cc1ccc2c(c1)N(C(=O)CSc1nc3ccsc3c(=O)n1-c1ccccc1C)CCO2. The van der Waals surface area contributed by atoms with E-state index in [1.165, 1.54) is 23.1 Å². The van der Waals surface area contributed by atoms with E-state index >= 15 is 0 Å². The van der Waals surface area contributed by atoms with Gasteiger partial charge in [-0.15, -0.1) is 11.3 Å². The number of thiophene rings is 1. The van der Waals surface area contributed by atoms with Crippen LogP contribution in [0.4, 0.5) is 5.69 Å². The molecule has 1 aliphatic heterocycles. The molecule has 0 bridgehead atoms. The molecular formula is C24H21N3O3S2. The van der Waals surface area contributed by atoms with Gasteiger partial charge in [-0.3, -0.25) is 14.2 Å². The van der Waals surface area contributed by atoms with Crippen LogP contribution in [0, 0.1) is 13.8 Å². The highest BCUT2D eigenvalue weighted by Crippen LogP contribution is 2.33. The van der Waals surface area contributed by atoms with Crippen LogP contribution in [0.25, 0.3) is 15.9 Å². The van der Waals surface area contributed by atoms with Crippen LogP contribution in [0.1, 0.15) is 11.1 Å². The molecule has 0 unspecified atom stereocenters. The number of anilines is 1. The fourth-order valence-corrected chi connectivity index (χ4v) is 5.45.